The molecule has 2 aromatic heterocycles. The van der Waals surface area contributed by atoms with Gasteiger partial charge in [0.15, 0.2) is 0 Å². The smallest absolute Gasteiger partial charge is 0.126 e. The fraction of sp³-hybridized carbons (Fsp3) is 0.133. The molecular weight excluding hydrogens is 238 g/mol. The third kappa shape index (κ3) is 2.12. The Morgan fingerprint density at radius 2 is 2.00 bits per heavy atom. The highest BCUT2D eigenvalue weighted by molar-refractivity contribution is 5.85. The first-order chi connectivity index (χ1) is 9.29. The van der Waals surface area contributed by atoms with Gasteiger partial charge in [-0.2, -0.15) is 0 Å². The minimum atomic E-state index is -0.202. The van der Waals surface area contributed by atoms with Crippen molar-refractivity contribution in [1.82, 2.24) is 10.4 Å². The summed E-state index contributed by atoms with van der Waals surface area (Å²) in [5.74, 6) is 7.35. The van der Waals surface area contributed by atoms with Crippen LogP contribution in [0.4, 0.5) is 0 Å². The minimum absolute atomic E-state index is 0.202. The zero-order valence-electron chi connectivity index (χ0n) is 10.6. The molecule has 0 aliphatic rings. The molecule has 0 aliphatic heterocycles. The van der Waals surface area contributed by atoms with Crippen molar-refractivity contribution in [2.75, 3.05) is 0 Å². The molecule has 96 valence electrons. The number of nitrogens with one attached hydrogen (secondary N) is 1. The Bertz CT molecular complexity index is 700. The van der Waals surface area contributed by atoms with Crippen molar-refractivity contribution in [3.63, 3.8) is 0 Å². The van der Waals surface area contributed by atoms with Crippen LogP contribution < -0.4 is 11.3 Å². The third-order valence-electron chi connectivity index (χ3n) is 3.22. The van der Waals surface area contributed by atoms with Gasteiger partial charge >= 0.3 is 0 Å². The normalized spacial score (nSPS) is 12.7. The van der Waals surface area contributed by atoms with Gasteiger partial charge in [-0.25, -0.2) is 5.43 Å². The highest BCUT2D eigenvalue weighted by Gasteiger charge is 2.18. The van der Waals surface area contributed by atoms with Crippen molar-refractivity contribution in [2.45, 2.75) is 13.0 Å². The number of furan rings is 1. The standard InChI is InChI=1S/C15H15N3O/c1-10-6-7-14(19-10)15(18-16)13-9-17-8-11-4-2-3-5-12(11)13/h2-9,15,18H,16H2,1H3. The number of aryl methyl sites for hydroxylation is 1. The quantitative estimate of drug-likeness (QED) is 0.556. The highest BCUT2D eigenvalue weighted by atomic mass is 16.3. The molecule has 4 nitrogen and oxygen atoms in total. The number of hydrogen-bond donors (Lipinski definition) is 2. The molecule has 1 aromatic carbocycles. The molecule has 3 rings (SSSR count). The Kier molecular flexibility index (Phi) is 3.03. The lowest BCUT2D eigenvalue weighted by Gasteiger charge is -2.15. The Balaban J connectivity index is 2.16. The van der Waals surface area contributed by atoms with E-state index in [0.29, 0.717) is 0 Å². The number of rotatable bonds is 3. The Morgan fingerprint density at radius 1 is 1.16 bits per heavy atom. The first-order valence-electron chi connectivity index (χ1n) is 6.14. The molecule has 0 radical (unpaired) electrons. The van der Waals surface area contributed by atoms with Crippen molar-refractivity contribution >= 4 is 10.8 Å². The van der Waals surface area contributed by atoms with Crippen LogP contribution in [0.15, 0.2) is 53.2 Å². The zero-order chi connectivity index (χ0) is 13.2. The van der Waals surface area contributed by atoms with E-state index in [-0.39, 0.29) is 6.04 Å². The lowest BCUT2D eigenvalue weighted by Crippen LogP contribution is -2.28. The number of hydrazine groups is 1. The van der Waals surface area contributed by atoms with Crippen LogP contribution >= 0.6 is 0 Å². The van der Waals surface area contributed by atoms with Gasteiger partial charge < -0.3 is 4.42 Å². The van der Waals surface area contributed by atoms with Crippen LogP contribution in [0.3, 0.4) is 0 Å². The molecule has 3 N–H and O–H groups in total. The molecule has 0 bridgehead atoms. The van der Waals surface area contributed by atoms with Crippen molar-refractivity contribution in [3.8, 4) is 0 Å². The summed E-state index contributed by atoms with van der Waals surface area (Å²) < 4.78 is 5.67. The summed E-state index contributed by atoms with van der Waals surface area (Å²) in [5, 5.41) is 2.21. The number of aromatic nitrogens is 1. The topological polar surface area (TPSA) is 64.1 Å². The maximum atomic E-state index is 5.70. The number of pyridine rings is 1. The first kappa shape index (κ1) is 11.9. The SMILES string of the molecule is Cc1ccc(C(NN)c2cncc3ccccc23)o1. The first-order valence-corrected chi connectivity index (χ1v) is 6.14. The summed E-state index contributed by atoms with van der Waals surface area (Å²) in [7, 11) is 0. The van der Waals surface area contributed by atoms with Crippen LogP contribution in [0.5, 0.6) is 0 Å². The molecule has 0 aliphatic carbocycles. The number of hydrogen-bond acceptors (Lipinski definition) is 4. The number of nitrogens with zero attached hydrogens (tertiary/aromatic N) is 1. The maximum Gasteiger partial charge on any atom is 0.126 e. The van der Waals surface area contributed by atoms with E-state index in [1.807, 2.05) is 49.6 Å². The summed E-state index contributed by atoms with van der Waals surface area (Å²) in [4.78, 5) is 4.28. The van der Waals surface area contributed by atoms with Gasteiger partial charge in [0.2, 0.25) is 0 Å². The van der Waals surface area contributed by atoms with Gasteiger partial charge in [0.25, 0.3) is 0 Å². The predicted octanol–water partition coefficient (Wildman–Crippen LogP) is 2.69. The van der Waals surface area contributed by atoms with E-state index < -0.39 is 0 Å². The van der Waals surface area contributed by atoms with Gasteiger partial charge in [-0.05, 0) is 24.4 Å². The predicted molar refractivity (Wildman–Crippen MR) is 74.4 cm³/mol. The second-order valence-electron chi connectivity index (χ2n) is 4.50. The van der Waals surface area contributed by atoms with Gasteiger partial charge in [-0.15, -0.1) is 0 Å². The van der Waals surface area contributed by atoms with E-state index >= 15 is 0 Å². The average Bonchev–Trinajstić information content (AvgIpc) is 2.86. The fourth-order valence-electron chi connectivity index (χ4n) is 2.30. The van der Waals surface area contributed by atoms with E-state index in [4.69, 9.17) is 10.3 Å². The molecular formula is C15H15N3O. The molecule has 3 aromatic rings. The van der Waals surface area contributed by atoms with Crippen molar-refractivity contribution in [3.05, 3.63) is 65.9 Å². The molecule has 4 heteroatoms. The Hall–Kier alpha value is -2.17. The van der Waals surface area contributed by atoms with E-state index in [1.54, 1.807) is 0 Å². The Labute approximate surface area is 111 Å². The zero-order valence-corrected chi connectivity index (χ0v) is 10.6. The van der Waals surface area contributed by atoms with E-state index in [2.05, 4.69) is 16.5 Å². The van der Waals surface area contributed by atoms with Crippen LogP contribution in [-0.4, -0.2) is 4.98 Å². The van der Waals surface area contributed by atoms with Crippen molar-refractivity contribution < 1.29 is 4.42 Å². The van der Waals surface area contributed by atoms with Crippen LogP contribution in [0.2, 0.25) is 0 Å². The van der Waals surface area contributed by atoms with Gasteiger partial charge in [0.1, 0.15) is 17.6 Å². The summed E-state index contributed by atoms with van der Waals surface area (Å²) >= 11 is 0. The fourth-order valence-corrected chi connectivity index (χ4v) is 2.30. The second kappa shape index (κ2) is 4.84. The van der Waals surface area contributed by atoms with E-state index in [0.717, 1.165) is 27.9 Å². The molecule has 0 spiro atoms. The van der Waals surface area contributed by atoms with Crippen LogP contribution in [0.1, 0.15) is 23.1 Å². The molecule has 1 unspecified atom stereocenters. The molecule has 0 saturated heterocycles. The number of benzene rings is 1. The molecule has 1 atom stereocenters. The molecule has 2 heterocycles. The third-order valence-corrected chi connectivity index (χ3v) is 3.22. The van der Waals surface area contributed by atoms with Crippen molar-refractivity contribution in [1.29, 1.82) is 0 Å². The van der Waals surface area contributed by atoms with Gasteiger partial charge in [0, 0.05) is 23.3 Å². The molecule has 19 heavy (non-hydrogen) atoms. The summed E-state index contributed by atoms with van der Waals surface area (Å²) in [5.41, 5.74) is 3.82. The maximum absolute atomic E-state index is 5.70. The number of nitrogens with two attached hydrogens (primary N) is 1. The Morgan fingerprint density at radius 3 is 2.74 bits per heavy atom. The van der Waals surface area contributed by atoms with Gasteiger partial charge in [-0.1, -0.05) is 24.3 Å². The van der Waals surface area contributed by atoms with E-state index in [1.165, 1.54) is 0 Å². The molecule has 0 saturated carbocycles. The average molecular weight is 253 g/mol. The highest BCUT2D eigenvalue weighted by Crippen LogP contribution is 2.28. The lowest BCUT2D eigenvalue weighted by atomic mass is 10.0. The second-order valence-corrected chi connectivity index (χ2v) is 4.50. The number of fused-ring (bicyclic) bond motifs is 1. The molecule has 0 fully saturated rings. The lowest BCUT2D eigenvalue weighted by molar-refractivity contribution is 0.435. The largest absolute Gasteiger partial charge is 0.464 e. The summed E-state index contributed by atoms with van der Waals surface area (Å²) in [6.45, 7) is 1.92. The van der Waals surface area contributed by atoms with Crippen molar-refractivity contribution in [2.24, 2.45) is 5.84 Å². The van der Waals surface area contributed by atoms with Crippen LogP contribution in [-0.2, 0) is 0 Å². The summed E-state index contributed by atoms with van der Waals surface area (Å²) in [6, 6.07) is 11.8. The van der Waals surface area contributed by atoms with Crippen LogP contribution in [0.25, 0.3) is 10.8 Å². The molecule has 0 amide bonds. The van der Waals surface area contributed by atoms with Crippen LogP contribution in [0, 0.1) is 6.92 Å². The van der Waals surface area contributed by atoms with Gasteiger partial charge in [-0.3, -0.25) is 10.8 Å². The monoisotopic (exact) mass is 253 g/mol. The summed E-state index contributed by atoms with van der Waals surface area (Å²) in [6.07, 6.45) is 3.67. The van der Waals surface area contributed by atoms with Gasteiger partial charge in [0.05, 0.1) is 0 Å². The minimum Gasteiger partial charge on any atom is -0.464 e. The van der Waals surface area contributed by atoms with E-state index in [9.17, 15) is 0 Å².